The van der Waals surface area contributed by atoms with E-state index < -0.39 is 0 Å². The Morgan fingerprint density at radius 2 is 2.17 bits per heavy atom. The molecule has 0 atom stereocenters. The highest BCUT2D eigenvalue weighted by molar-refractivity contribution is 9.10. The molecular formula is C13H12BrN3O. The van der Waals surface area contributed by atoms with E-state index in [0.717, 1.165) is 29.1 Å². The zero-order valence-electron chi connectivity index (χ0n) is 9.71. The Hall–Kier alpha value is -1.62. The Morgan fingerprint density at radius 3 is 3.00 bits per heavy atom. The summed E-state index contributed by atoms with van der Waals surface area (Å²) >= 11 is 3.41. The largest absolute Gasteiger partial charge is 0.488 e. The molecule has 0 bridgehead atoms. The van der Waals surface area contributed by atoms with Crippen molar-refractivity contribution < 1.29 is 4.74 Å². The summed E-state index contributed by atoms with van der Waals surface area (Å²) in [7, 11) is 0. The number of pyridine rings is 2. The van der Waals surface area contributed by atoms with Gasteiger partial charge in [-0.3, -0.25) is 4.98 Å². The van der Waals surface area contributed by atoms with Crippen LogP contribution in [0.3, 0.4) is 0 Å². The topological polar surface area (TPSA) is 38.2 Å². The van der Waals surface area contributed by atoms with Crippen molar-refractivity contribution in [2.75, 3.05) is 18.1 Å². The third-order valence-electron chi connectivity index (χ3n) is 2.84. The van der Waals surface area contributed by atoms with Gasteiger partial charge in [0.25, 0.3) is 0 Å². The van der Waals surface area contributed by atoms with Crippen molar-refractivity contribution in [1.29, 1.82) is 0 Å². The first kappa shape index (κ1) is 11.5. The van der Waals surface area contributed by atoms with Crippen molar-refractivity contribution in [1.82, 2.24) is 9.97 Å². The standard InChI is InChI=1S/C13H12BrN3O/c14-11-7-12-13(16-8-11)17(5-6-18-12)9-10-1-3-15-4-2-10/h1-4,7-8H,5-6,9H2. The Morgan fingerprint density at radius 1 is 1.33 bits per heavy atom. The second-order valence-electron chi connectivity index (χ2n) is 4.10. The van der Waals surface area contributed by atoms with Gasteiger partial charge in [-0.1, -0.05) is 0 Å². The highest BCUT2D eigenvalue weighted by Crippen LogP contribution is 2.32. The van der Waals surface area contributed by atoms with E-state index in [-0.39, 0.29) is 0 Å². The molecule has 0 saturated heterocycles. The summed E-state index contributed by atoms with van der Waals surface area (Å²) in [6.45, 7) is 2.37. The maximum absolute atomic E-state index is 5.63. The predicted molar refractivity (Wildman–Crippen MR) is 72.7 cm³/mol. The van der Waals surface area contributed by atoms with E-state index in [1.54, 1.807) is 6.20 Å². The minimum absolute atomic E-state index is 0.691. The number of nitrogens with zero attached hydrogens (tertiary/aromatic N) is 3. The van der Waals surface area contributed by atoms with Crippen LogP contribution in [-0.2, 0) is 6.54 Å². The average molecular weight is 306 g/mol. The molecule has 0 spiro atoms. The average Bonchev–Trinajstić information content (AvgIpc) is 2.40. The number of ether oxygens (including phenoxy) is 1. The highest BCUT2D eigenvalue weighted by atomic mass is 79.9. The quantitative estimate of drug-likeness (QED) is 0.855. The fourth-order valence-corrected chi connectivity index (χ4v) is 2.30. The summed E-state index contributed by atoms with van der Waals surface area (Å²) in [6.07, 6.45) is 5.42. The molecule has 1 aliphatic rings. The van der Waals surface area contributed by atoms with Gasteiger partial charge in [0.1, 0.15) is 6.61 Å². The van der Waals surface area contributed by atoms with Gasteiger partial charge < -0.3 is 9.64 Å². The van der Waals surface area contributed by atoms with Crippen molar-refractivity contribution in [2.45, 2.75) is 6.54 Å². The molecule has 3 heterocycles. The smallest absolute Gasteiger partial charge is 0.171 e. The van der Waals surface area contributed by atoms with E-state index in [4.69, 9.17) is 4.74 Å². The normalized spacial score (nSPS) is 13.9. The Balaban J connectivity index is 1.87. The van der Waals surface area contributed by atoms with E-state index in [1.165, 1.54) is 5.56 Å². The number of hydrogen-bond donors (Lipinski definition) is 0. The van der Waals surface area contributed by atoms with Gasteiger partial charge in [-0.2, -0.15) is 0 Å². The molecule has 2 aromatic heterocycles. The SMILES string of the molecule is Brc1cnc2c(c1)OCCN2Cc1ccncc1. The lowest BCUT2D eigenvalue weighted by Crippen LogP contribution is -2.33. The van der Waals surface area contributed by atoms with Gasteiger partial charge in [0, 0.05) is 29.6 Å². The van der Waals surface area contributed by atoms with Crippen LogP contribution in [0.4, 0.5) is 5.82 Å². The lowest BCUT2D eigenvalue weighted by Gasteiger charge is -2.30. The summed E-state index contributed by atoms with van der Waals surface area (Å²) in [4.78, 5) is 10.7. The van der Waals surface area contributed by atoms with Crippen LogP contribution in [-0.4, -0.2) is 23.1 Å². The number of halogens is 1. The molecule has 0 aliphatic carbocycles. The van der Waals surface area contributed by atoms with E-state index in [1.807, 2.05) is 30.6 Å². The summed E-state index contributed by atoms with van der Waals surface area (Å²) in [5, 5.41) is 0. The number of hydrogen-bond acceptors (Lipinski definition) is 4. The monoisotopic (exact) mass is 305 g/mol. The van der Waals surface area contributed by atoms with Crippen LogP contribution >= 0.6 is 15.9 Å². The maximum Gasteiger partial charge on any atom is 0.171 e. The molecule has 0 amide bonds. The molecule has 0 fully saturated rings. The third kappa shape index (κ3) is 2.31. The van der Waals surface area contributed by atoms with Crippen LogP contribution in [0.2, 0.25) is 0 Å². The maximum atomic E-state index is 5.63. The van der Waals surface area contributed by atoms with Gasteiger partial charge in [0.2, 0.25) is 0 Å². The molecule has 92 valence electrons. The molecule has 5 heteroatoms. The number of fused-ring (bicyclic) bond motifs is 1. The number of aromatic nitrogens is 2. The molecule has 0 radical (unpaired) electrons. The molecule has 1 aliphatic heterocycles. The van der Waals surface area contributed by atoms with Crippen LogP contribution in [0.15, 0.2) is 41.3 Å². The Labute approximate surface area is 114 Å². The third-order valence-corrected chi connectivity index (χ3v) is 3.27. The molecule has 0 aromatic carbocycles. The van der Waals surface area contributed by atoms with E-state index in [2.05, 4.69) is 30.8 Å². The molecular weight excluding hydrogens is 294 g/mol. The summed E-state index contributed by atoms with van der Waals surface area (Å²) in [6, 6.07) is 6.00. The first-order chi connectivity index (χ1) is 8.83. The molecule has 0 N–H and O–H groups in total. The first-order valence-corrected chi connectivity index (χ1v) is 6.54. The predicted octanol–water partition coefficient (Wildman–Crippen LogP) is 2.64. The lowest BCUT2D eigenvalue weighted by atomic mass is 10.2. The van der Waals surface area contributed by atoms with Crippen LogP contribution < -0.4 is 9.64 Å². The number of anilines is 1. The summed E-state index contributed by atoms with van der Waals surface area (Å²) in [5.41, 5.74) is 1.22. The van der Waals surface area contributed by atoms with Crippen molar-refractivity contribution in [3.05, 3.63) is 46.8 Å². The van der Waals surface area contributed by atoms with Crippen molar-refractivity contribution in [3.63, 3.8) is 0 Å². The zero-order valence-corrected chi connectivity index (χ0v) is 11.3. The zero-order chi connectivity index (χ0) is 12.4. The fraction of sp³-hybridized carbons (Fsp3) is 0.231. The van der Waals surface area contributed by atoms with Gasteiger partial charge in [-0.15, -0.1) is 0 Å². The van der Waals surface area contributed by atoms with Gasteiger partial charge in [0.05, 0.1) is 6.54 Å². The van der Waals surface area contributed by atoms with Gasteiger partial charge >= 0.3 is 0 Å². The molecule has 18 heavy (non-hydrogen) atoms. The highest BCUT2D eigenvalue weighted by Gasteiger charge is 2.19. The van der Waals surface area contributed by atoms with E-state index >= 15 is 0 Å². The van der Waals surface area contributed by atoms with Crippen LogP contribution in [0.1, 0.15) is 5.56 Å². The van der Waals surface area contributed by atoms with E-state index in [9.17, 15) is 0 Å². The summed E-state index contributed by atoms with van der Waals surface area (Å²) in [5.74, 6) is 1.74. The second kappa shape index (κ2) is 4.94. The molecule has 0 saturated carbocycles. The minimum Gasteiger partial charge on any atom is -0.488 e. The van der Waals surface area contributed by atoms with Crippen LogP contribution in [0.25, 0.3) is 0 Å². The number of rotatable bonds is 2. The first-order valence-electron chi connectivity index (χ1n) is 5.75. The van der Waals surface area contributed by atoms with Gasteiger partial charge in [-0.05, 0) is 39.7 Å². The fourth-order valence-electron chi connectivity index (χ4n) is 1.99. The van der Waals surface area contributed by atoms with Gasteiger partial charge in [-0.25, -0.2) is 4.98 Å². The molecule has 0 unspecified atom stereocenters. The summed E-state index contributed by atoms with van der Waals surface area (Å²) < 4.78 is 6.56. The van der Waals surface area contributed by atoms with E-state index in [0.29, 0.717) is 6.61 Å². The molecule has 3 rings (SSSR count). The second-order valence-corrected chi connectivity index (χ2v) is 5.02. The lowest BCUT2D eigenvalue weighted by molar-refractivity contribution is 0.304. The van der Waals surface area contributed by atoms with Crippen LogP contribution in [0.5, 0.6) is 5.75 Å². The van der Waals surface area contributed by atoms with Crippen molar-refractivity contribution in [3.8, 4) is 5.75 Å². The van der Waals surface area contributed by atoms with Gasteiger partial charge in [0.15, 0.2) is 11.6 Å². The van der Waals surface area contributed by atoms with Crippen molar-refractivity contribution >= 4 is 21.7 Å². The Bertz CT molecular complexity index is 547. The Kier molecular flexibility index (Phi) is 3.15. The molecule has 4 nitrogen and oxygen atoms in total. The van der Waals surface area contributed by atoms with Crippen molar-refractivity contribution in [2.24, 2.45) is 0 Å². The van der Waals surface area contributed by atoms with Crippen LogP contribution in [0, 0.1) is 0 Å². The minimum atomic E-state index is 0.691. The molecule has 2 aromatic rings.